The van der Waals surface area contributed by atoms with E-state index >= 15 is 0 Å². The molecule has 0 aliphatic carbocycles. The van der Waals surface area contributed by atoms with Crippen LogP contribution < -0.4 is 5.73 Å². The zero-order valence-corrected chi connectivity index (χ0v) is 10.0. The molecule has 0 spiro atoms. The largest absolute Gasteiger partial charge is 0.338 e. The molecule has 0 bridgehead atoms. The predicted molar refractivity (Wildman–Crippen MR) is 66.1 cm³/mol. The summed E-state index contributed by atoms with van der Waals surface area (Å²) in [4.78, 5) is 13.7. The Bertz CT molecular complexity index is 406. The van der Waals surface area contributed by atoms with Gasteiger partial charge < -0.3 is 10.6 Å². The number of nitrogens with zero attached hydrogens (tertiary/aromatic N) is 2. The molecule has 0 saturated heterocycles. The monoisotopic (exact) mass is 231 g/mol. The molecular formula is C13H17N3O. The van der Waals surface area contributed by atoms with Gasteiger partial charge in [0.25, 0.3) is 5.91 Å². The van der Waals surface area contributed by atoms with Crippen LogP contribution in [-0.2, 0) is 6.54 Å². The molecule has 0 heterocycles. The van der Waals surface area contributed by atoms with Crippen molar-refractivity contribution in [2.24, 2.45) is 5.73 Å². The SMILES string of the molecule is CCN(CCC#N)C(=O)c1ccc(CN)cc1. The minimum atomic E-state index is -0.0358. The van der Waals surface area contributed by atoms with Crippen molar-refractivity contribution < 1.29 is 4.79 Å². The molecule has 0 saturated carbocycles. The van der Waals surface area contributed by atoms with E-state index in [-0.39, 0.29) is 5.91 Å². The van der Waals surface area contributed by atoms with Crippen LogP contribution in [0.5, 0.6) is 0 Å². The third-order valence-electron chi connectivity index (χ3n) is 2.60. The number of hydrogen-bond acceptors (Lipinski definition) is 3. The fourth-order valence-electron chi connectivity index (χ4n) is 1.55. The summed E-state index contributed by atoms with van der Waals surface area (Å²) < 4.78 is 0. The molecule has 0 aliphatic heterocycles. The lowest BCUT2D eigenvalue weighted by Crippen LogP contribution is -2.31. The molecule has 1 aromatic rings. The number of nitrogens with two attached hydrogens (primary N) is 1. The summed E-state index contributed by atoms with van der Waals surface area (Å²) in [6.07, 6.45) is 0.362. The van der Waals surface area contributed by atoms with E-state index in [0.29, 0.717) is 31.6 Å². The van der Waals surface area contributed by atoms with Gasteiger partial charge >= 0.3 is 0 Å². The number of hydrogen-bond donors (Lipinski definition) is 1. The lowest BCUT2D eigenvalue weighted by Gasteiger charge is -2.19. The molecule has 0 radical (unpaired) electrons. The zero-order valence-electron chi connectivity index (χ0n) is 10.0. The van der Waals surface area contributed by atoms with Crippen LogP contribution in [0.15, 0.2) is 24.3 Å². The first-order chi connectivity index (χ1) is 8.22. The molecule has 1 rings (SSSR count). The van der Waals surface area contributed by atoms with Gasteiger partial charge in [0.2, 0.25) is 0 Å². The second-order valence-corrected chi connectivity index (χ2v) is 3.69. The quantitative estimate of drug-likeness (QED) is 0.835. The van der Waals surface area contributed by atoms with E-state index in [0.717, 1.165) is 5.56 Å². The summed E-state index contributed by atoms with van der Waals surface area (Å²) in [6.45, 7) is 3.47. The Kier molecular flexibility index (Phi) is 5.18. The van der Waals surface area contributed by atoms with E-state index < -0.39 is 0 Å². The normalized spacial score (nSPS) is 9.71. The van der Waals surface area contributed by atoms with E-state index in [9.17, 15) is 4.79 Å². The van der Waals surface area contributed by atoms with Crippen molar-refractivity contribution in [2.75, 3.05) is 13.1 Å². The third kappa shape index (κ3) is 3.58. The first-order valence-corrected chi connectivity index (χ1v) is 5.68. The lowest BCUT2D eigenvalue weighted by molar-refractivity contribution is 0.0768. The van der Waals surface area contributed by atoms with Crippen LogP contribution in [0.3, 0.4) is 0 Å². The van der Waals surface area contributed by atoms with Crippen LogP contribution in [0.25, 0.3) is 0 Å². The molecule has 17 heavy (non-hydrogen) atoms. The van der Waals surface area contributed by atoms with Crippen LogP contribution in [-0.4, -0.2) is 23.9 Å². The van der Waals surface area contributed by atoms with Crippen molar-refractivity contribution >= 4 is 5.91 Å². The molecule has 0 fully saturated rings. The van der Waals surface area contributed by atoms with Gasteiger partial charge in [-0.1, -0.05) is 12.1 Å². The molecule has 0 atom stereocenters. The summed E-state index contributed by atoms with van der Waals surface area (Å²) in [5.41, 5.74) is 7.14. The Morgan fingerprint density at radius 3 is 2.53 bits per heavy atom. The lowest BCUT2D eigenvalue weighted by atomic mass is 10.1. The summed E-state index contributed by atoms with van der Waals surface area (Å²) in [5, 5.41) is 8.53. The fourth-order valence-corrected chi connectivity index (χ4v) is 1.55. The summed E-state index contributed by atoms with van der Waals surface area (Å²) in [7, 11) is 0. The minimum absolute atomic E-state index is 0.0358. The molecule has 4 heteroatoms. The number of amides is 1. The van der Waals surface area contributed by atoms with E-state index in [1.165, 1.54) is 0 Å². The van der Waals surface area contributed by atoms with E-state index in [2.05, 4.69) is 0 Å². The van der Waals surface area contributed by atoms with Crippen LogP contribution >= 0.6 is 0 Å². The van der Waals surface area contributed by atoms with Crippen molar-refractivity contribution in [3.05, 3.63) is 35.4 Å². The topological polar surface area (TPSA) is 70.1 Å². The van der Waals surface area contributed by atoms with Gasteiger partial charge in [-0.2, -0.15) is 5.26 Å². The van der Waals surface area contributed by atoms with Gasteiger partial charge in [0.1, 0.15) is 0 Å². The minimum Gasteiger partial charge on any atom is -0.338 e. The Balaban J connectivity index is 2.75. The van der Waals surface area contributed by atoms with Crippen LogP contribution in [0.2, 0.25) is 0 Å². The van der Waals surface area contributed by atoms with Crippen molar-refractivity contribution in [1.82, 2.24) is 4.90 Å². The highest BCUT2D eigenvalue weighted by molar-refractivity contribution is 5.94. The van der Waals surface area contributed by atoms with Gasteiger partial charge in [0.15, 0.2) is 0 Å². The maximum Gasteiger partial charge on any atom is 0.253 e. The maximum absolute atomic E-state index is 12.1. The standard InChI is InChI=1S/C13H17N3O/c1-2-16(9-3-8-14)13(17)12-6-4-11(10-15)5-7-12/h4-7H,2-3,9-10,15H2,1H3. The molecule has 90 valence electrons. The first kappa shape index (κ1) is 13.2. The van der Waals surface area contributed by atoms with E-state index in [1.54, 1.807) is 17.0 Å². The van der Waals surface area contributed by atoms with Gasteiger partial charge in [0, 0.05) is 25.2 Å². The van der Waals surface area contributed by atoms with Crippen LogP contribution in [0, 0.1) is 11.3 Å². The number of carbonyl (C=O) groups is 1. The highest BCUT2D eigenvalue weighted by Gasteiger charge is 2.13. The number of carbonyl (C=O) groups excluding carboxylic acids is 1. The average Bonchev–Trinajstić information content (AvgIpc) is 2.39. The van der Waals surface area contributed by atoms with Gasteiger partial charge in [-0.05, 0) is 24.6 Å². The second-order valence-electron chi connectivity index (χ2n) is 3.69. The van der Waals surface area contributed by atoms with Crippen molar-refractivity contribution in [2.45, 2.75) is 19.9 Å². The molecule has 0 aromatic heterocycles. The Hall–Kier alpha value is -1.86. The van der Waals surface area contributed by atoms with Crippen molar-refractivity contribution in [1.29, 1.82) is 5.26 Å². The van der Waals surface area contributed by atoms with Gasteiger partial charge in [-0.3, -0.25) is 4.79 Å². The molecule has 1 amide bonds. The number of rotatable bonds is 5. The smallest absolute Gasteiger partial charge is 0.253 e. The first-order valence-electron chi connectivity index (χ1n) is 5.68. The third-order valence-corrected chi connectivity index (χ3v) is 2.60. The molecular weight excluding hydrogens is 214 g/mol. The molecule has 0 unspecified atom stereocenters. The maximum atomic E-state index is 12.1. The molecule has 4 nitrogen and oxygen atoms in total. The van der Waals surface area contributed by atoms with Crippen molar-refractivity contribution in [3.63, 3.8) is 0 Å². The van der Waals surface area contributed by atoms with E-state index in [1.807, 2.05) is 25.1 Å². The van der Waals surface area contributed by atoms with Crippen molar-refractivity contribution in [3.8, 4) is 6.07 Å². The highest BCUT2D eigenvalue weighted by Crippen LogP contribution is 2.08. The second kappa shape index (κ2) is 6.66. The number of nitriles is 1. The van der Waals surface area contributed by atoms with Gasteiger partial charge in [-0.15, -0.1) is 0 Å². The highest BCUT2D eigenvalue weighted by atomic mass is 16.2. The van der Waals surface area contributed by atoms with Crippen LogP contribution in [0.1, 0.15) is 29.3 Å². The van der Waals surface area contributed by atoms with Gasteiger partial charge in [0.05, 0.1) is 12.5 Å². The molecule has 1 aromatic carbocycles. The summed E-state index contributed by atoms with van der Waals surface area (Å²) in [6, 6.07) is 9.31. The number of benzene rings is 1. The molecule has 2 N–H and O–H groups in total. The Morgan fingerprint density at radius 1 is 1.41 bits per heavy atom. The zero-order chi connectivity index (χ0) is 12.7. The summed E-state index contributed by atoms with van der Waals surface area (Å²) in [5.74, 6) is -0.0358. The van der Waals surface area contributed by atoms with Gasteiger partial charge in [-0.25, -0.2) is 0 Å². The molecule has 0 aliphatic rings. The Morgan fingerprint density at radius 2 is 2.06 bits per heavy atom. The average molecular weight is 231 g/mol. The summed E-state index contributed by atoms with van der Waals surface area (Å²) >= 11 is 0. The van der Waals surface area contributed by atoms with Crippen LogP contribution in [0.4, 0.5) is 0 Å². The fraction of sp³-hybridized carbons (Fsp3) is 0.385. The Labute approximate surface area is 102 Å². The predicted octanol–water partition coefficient (Wildman–Crippen LogP) is 1.52. The van der Waals surface area contributed by atoms with E-state index in [4.69, 9.17) is 11.0 Å².